The first-order chi connectivity index (χ1) is 37.1. The second kappa shape index (κ2) is 25.8. The normalized spacial score (nSPS) is 11.0. The van der Waals surface area contributed by atoms with Crippen molar-refractivity contribution in [3.63, 3.8) is 0 Å². The molecule has 0 N–H and O–H groups in total. The standard InChI is InChI=1S/2C28H26N2O4P.C4H6O4/c2*1-20-10-4-7-13-26(20)35(27-14-8-5-11-21(27)2,28-15-9-6-12-22(28)3)19-23-16-24(29(31)32)18-25(17-23)30(33)34;5-3(6)1-2-4(7)8/h2*4-18H,19H2,1-3H3;1-2H2,(H,5,6)(H,7,8)/q2*+1;/p-2. The molecule has 0 fully saturated rings. The highest BCUT2D eigenvalue weighted by Gasteiger charge is 2.50. The Morgan fingerprint density at radius 2 is 0.513 bits per heavy atom. The first-order valence-electron chi connectivity index (χ1n) is 24.5. The Labute approximate surface area is 452 Å². The molecule has 18 heteroatoms. The van der Waals surface area contributed by atoms with Crippen LogP contribution in [0.2, 0.25) is 0 Å². The van der Waals surface area contributed by atoms with Gasteiger partial charge < -0.3 is 19.8 Å². The van der Waals surface area contributed by atoms with Crippen LogP contribution < -0.4 is 42.0 Å². The average molecular weight is 1090 g/mol. The number of carboxylic acids is 2. The molecule has 0 spiro atoms. The summed E-state index contributed by atoms with van der Waals surface area (Å²) in [6.07, 6.45) is -0.0865. The molecule has 0 aliphatic heterocycles. The predicted molar refractivity (Wildman–Crippen MR) is 305 cm³/mol. The van der Waals surface area contributed by atoms with Crippen LogP contribution in [0.5, 0.6) is 0 Å². The number of aryl methyl sites for hydroxylation is 6. The Morgan fingerprint density at radius 1 is 0.333 bits per heavy atom. The summed E-state index contributed by atoms with van der Waals surface area (Å²) in [5.74, 6) is -2.73. The number of nitrogens with zero attached hydrogens (tertiary/aromatic N) is 4. The van der Waals surface area contributed by atoms with Crippen molar-refractivity contribution in [2.45, 2.75) is 66.7 Å². The van der Waals surface area contributed by atoms with Crippen molar-refractivity contribution in [1.82, 2.24) is 0 Å². The van der Waals surface area contributed by atoms with Crippen molar-refractivity contribution in [2.75, 3.05) is 0 Å². The van der Waals surface area contributed by atoms with Gasteiger partial charge in [0.2, 0.25) is 0 Å². The monoisotopic (exact) mass is 1090 g/mol. The van der Waals surface area contributed by atoms with E-state index in [1.807, 2.05) is 72.8 Å². The molecule has 8 aromatic rings. The zero-order valence-electron chi connectivity index (χ0n) is 43.7. The van der Waals surface area contributed by atoms with E-state index in [2.05, 4.69) is 114 Å². The minimum Gasteiger partial charge on any atom is -0.550 e. The number of rotatable bonds is 17. The SMILES string of the molecule is Cc1ccccc1[P+](Cc1cc([N+](=O)[O-])cc([N+](=O)[O-])c1)(c1ccccc1C)c1ccccc1C.Cc1ccccc1[P+](Cc1cc([N+](=O)[O-])cc([N+](=O)[O-])c1)(c1ccccc1C)c1ccccc1C.O=C([O-])CCC(=O)[O-]. The Kier molecular flexibility index (Phi) is 19.3. The van der Waals surface area contributed by atoms with E-state index in [0.29, 0.717) is 23.5 Å². The second-order valence-corrected chi connectivity index (χ2v) is 25.4. The maximum Gasteiger partial charge on any atom is 0.276 e. The first-order valence-corrected chi connectivity index (χ1v) is 28.4. The molecule has 0 heterocycles. The van der Waals surface area contributed by atoms with Gasteiger partial charge in [-0.1, -0.05) is 109 Å². The van der Waals surface area contributed by atoms with Crippen LogP contribution in [0.15, 0.2) is 182 Å². The maximum absolute atomic E-state index is 11.7. The summed E-state index contributed by atoms with van der Waals surface area (Å²) < 4.78 is 0. The van der Waals surface area contributed by atoms with E-state index in [9.17, 15) is 60.3 Å². The molecule has 0 bridgehead atoms. The molecule has 8 aromatic carbocycles. The van der Waals surface area contributed by atoms with E-state index in [-0.39, 0.29) is 22.7 Å². The molecule has 78 heavy (non-hydrogen) atoms. The van der Waals surface area contributed by atoms with Gasteiger partial charge in [-0.3, -0.25) is 40.5 Å². The van der Waals surface area contributed by atoms with E-state index < -0.39 is 59.0 Å². The lowest BCUT2D eigenvalue weighted by Gasteiger charge is -2.31. The van der Waals surface area contributed by atoms with Crippen molar-refractivity contribution < 1.29 is 39.5 Å². The number of benzene rings is 8. The lowest BCUT2D eigenvalue weighted by molar-refractivity contribution is -0.394. The van der Waals surface area contributed by atoms with E-state index in [1.165, 1.54) is 24.3 Å². The smallest absolute Gasteiger partial charge is 0.276 e. The average Bonchev–Trinajstić information content (AvgIpc) is 3.49. The van der Waals surface area contributed by atoms with Crippen LogP contribution in [0.3, 0.4) is 0 Å². The lowest BCUT2D eigenvalue weighted by Crippen LogP contribution is -2.36. The molecule has 0 unspecified atom stereocenters. The zero-order valence-corrected chi connectivity index (χ0v) is 45.5. The molecule has 0 radical (unpaired) electrons. The number of nitro groups is 4. The number of carbonyl (C=O) groups is 2. The van der Waals surface area contributed by atoms with Gasteiger partial charge in [-0.2, -0.15) is 0 Å². The minimum absolute atomic E-state index is 0.272. The third-order valence-electron chi connectivity index (χ3n) is 13.3. The summed E-state index contributed by atoms with van der Waals surface area (Å²) in [7, 11) is -4.87. The predicted octanol–water partition coefficient (Wildman–Crippen LogP) is 9.11. The summed E-state index contributed by atoms with van der Waals surface area (Å²) in [6, 6.07) is 57.4. The fourth-order valence-electron chi connectivity index (χ4n) is 9.91. The molecule has 16 nitrogen and oxygen atoms in total. The van der Waals surface area contributed by atoms with Crippen molar-refractivity contribution in [2.24, 2.45) is 0 Å². The first kappa shape index (κ1) is 58.4. The number of nitro benzene ring substituents is 4. The zero-order chi connectivity index (χ0) is 56.9. The summed E-state index contributed by atoms with van der Waals surface area (Å²) in [5.41, 5.74) is 6.78. The second-order valence-electron chi connectivity index (χ2n) is 18.6. The number of hydrogen-bond acceptors (Lipinski definition) is 12. The quantitative estimate of drug-likeness (QED) is 0.0470. The van der Waals surface area contributed by atoms with Crippen LogP contribution in [0.4, 0.5) is 22.7 Å². The van der Waals surface area contributed by atoms with Gasteiger partial charge >= 0.3 is 0 Å². The van der Waals surface area contributed by atoms with E-state index in [1.54, 1.807) is 0 Å². The van der Waals surface area contributed by atoms with Crippen LogP contribution in [0.1, 0.15) is 57.3 Å². The molecular formula is C60H56N4O12P2. The van der Waals surface area contributed by atoms with Gasteiger partial charge in [0.1, 0.15) is 46.4 Å². The number of carbonyl (C=O) groups excluding carboxylic acids is 2. The minimum atomic E-state index is -2.43. The van der Waals surface area contributed by atoms with Gasteiger partial charge in [0.25, 0.3) is 22.7 Å². The molecule has 0 aromatic heterocycles. The molecule has 0 amide bonds. The molecule has 0 saturated heterocycles. The summed E-state index contributed by atoms with van der Waals surface area (Å²) >= 11 is 0. The maximum atomic E-state index is 11.7. The fraction of sp³-hybridized carbons (Fsp3) is 0.167. The number of non-ortho nitro benzene ring substituents is 4. The molecule has 8 rings (SSSR count). The number of aliphatic carboxylic acids is 2. The number of hydrogen-bond donors (Lipinski definition) is 0. The van der Waals surface area contributed by atoms with Crippen molar-refractivity contribution >= 4 is 81.0 Å². The van der Waals surface area contributed by atoms with Gasteiger partial charge in [0.15, 0.2) is 0 Å². The Bertz CT molecular complexity index is 3050. The van der Waals surface area contributed by atoms with Crippen LogP contribution in [0, 0.1) is 82.0 Å². The van der Waals surface area contributed by atoms with Crippen LogP contribution >= 0.6 is 14.5 Å². The molecular weight excluding hydrogens is 1030 g/mol. The Hall–Kier alpha value is -8.84. The van der Waals surface area contributed by atoms with Crippen molar-refractivity contribution in [1.29, 1.82) is 0 Å². The van der Waals surface area contributed by atoms with Crippen LogP contribution in [-0.2, 0) is 21.9 Å². The summed E-state index contributed by atoms with van der Waals surface area (Å²) in [4.78, 5) is 63.4. The third-order valence-corrected chi connectivity index (χ3v) is 22.9. The van der Waals surface area contributed by atoms with Crippen molar-refractivity contribution in [3.05, 3.63) is 267 Å². The topological polar surface area (TPSA) is 253 Å². The largest absolute Gasteiger partial charge is 0.550 e. The van der Waals surface area contributed by atoms with Gasteiger partial charge in [-0.05, 0) is 124 Å². The highest BCUT2D eigenvalue weighted by molar-refractivity contribution is 7.95. The molecule has 0 aliphatic carbocycles. The molecule has 0 aliphatic rings. The van der Waals surface area contributed by atoms with Crippen LogP contribution in [0.25, 0.3) is 0 Å². The van der Waals surface area contributed by atoms with Gasteiger partial charge in [-0.25, -0.2) is 0 Å². The summed E-state index contributed by atoms with van der Waals surface area (Å²) in [5, 5.41) is 72.6. The van der Waals surface area contributed by atoms with Crippen LogP contribution in [-0.4, -0.2) is 31.6 Å². The number of carboxylic acid groups (broad SMARTS) is 2. The third kappa shape index (κ3) is 13.4. The fourth-order valence-corrected chi connectivity index (χ4v) is 20.1. The van der Waals surface area contributed by atoms with Gasteiger partial charge in [0, 0.05) is 47.3 Å². The van der Waals surface area contributed by atoms with E-state index >= 15 is 0 Å². The highest BCUT2D eigenvalue weighted by Crippen LogP contribution is 2.61. The molecule has 0 atom stereocenters. The van der Waals surface area contributed by atoms with E-state index in [0.717, 1.165) is 77.3 Å². The van der Waals surface area contributed by atoms with Gasteiger partial charge in [-0.15, -0.1) is 0 Å². The van der Waals surface area contributed by atoms with Crippen molar-refractivity contribution in [3.8, 4) is 0 Å². The molecule has 0 saturated carbocycles. The Balaban J connectivity index is 0.000000221. The lowest BCUT2D eigenvalue weighted by atomic mass is 10.2. The Morgan fingerprint density at radius 3 is 0.667 bits per heavy atom. The molecule has 398 valence electrons. The van der Waals surface area contributed by atoms with E-state index in [4.69, 9.17) is 0 Å². The highest BCUT2D eigenvalue weighted by atomic mass is 31.2. The van der Waals surface area contributed by atoms with Gasteiger partial charge in [0.05, 0.1) is 44.1 Å². The summed E-state index contributed by atoms with van der Waals surface area (Å²) in [6.45, 7) is 12.5.